The van der Waals surface area contributed by atoms with Gasteiger partial charge in [-0.1, -0.05) is 109 Å². The van der Waals surface area contributed by atoms with Gasteiger partial charge in [-0.05, 0) is 75.6 Å². The van der Waals surface area contributed by atoms with E-state index in [1.165, 1.54) is 43.6 Å². The summed E-state index contributed by atoms with van der Waals surface area (Å²) in [5, 5.41) is 7.43. The zero-order valence-corrected chi connectivity index (χ0v) is 24.3. The highest BCUT2D eigenvalue weighted by Crippen LogP contribution is 2.58. The molecule has 10 rings (SSSR count). The lowest BCUT2D eigenvalue weighted by Gasteiger charge is -2.38. The summed E-state index contributed by atoms with van der Waals surface area (Å²) in [6.45, 7) is 0. The van der Waals surface area contributed by atoms with Crippen LogP contribution in [-0.4, -0.2) is 0 Å². The van der Waals surface area contributed by atoms with Crippen LogP contribution < -0.4 is 14.5 Å². The Labute approximate surface area is 260 Å². The van der Waals surface area contributed by atoms with Crippen LogP contribution in [0.4, 0.5) is 34.1 Å². The maximum atomic E-state index is 6.69. The summed E-state index contributed by atoms with van der Waals surface area (Å²) in [6.07, 6.45) is 0. The highest BCUT2D eigenvalue weighted by atomic mass is 16.5. The zero-order chi connectivity index (χ0) is 29.5. The van der Waals surface area contributed by atoms with Gasteiger partial charge in [0.2, 0.25) is 0 Å². The first kappa shape index (κ1) is 24.4. The van der Waals surface area contributed by atoms with Crippen molar-refractivity contribution in [2.24, 2.45) is 0 Å². The summed E-state index contributed by atoms with van der Waals surface area (Å²) in [5.74, 6) is 1.69. The summed E-state index contributed by atoms with van der Waals surface area (Å²) in [7, 11) is 0. The van der Waals surface area contributed by atoms with Crippen molar-refractivity contribution in [3.05, 3.63) is 158 Å². The van der Waals surface area contributed by atoms with Crippen LogP contribution in [0.1, 0.15) is 0 Å². The van der Waals surface area contributed by atoms with E-state index in [4.69, 9.17) is 4.74 Å². The molecule has 210 valence electrons. The SMILES string of the molecule is c1ccc(N2c3ccccc3Oc3cc4c(cc32)N(c2cc3ccccc3c3ccccc23)c2cccc3cccc-4c23)cc1. The first-order valence-electron chi connectivity index (χ1n) is 15.4. The summed E-state index contributed by atoms with van der Waals surface area (Å²) in [4.78, 5) is 4.80. The van der Waals surface area contributed by atoms with Gasteiger partial charge in [0.25, 0.3) is 0 Å². The van der Waals surface area contributed by atoms with Crippen LogP contribution >= 0.6 is 0 Å². The van der Waals surface area contributed by atoms with Crippen molar-refractivity contribution in [3.8, 4) is 22.6 Å². The number of ether oxygens (including phenoxy) is 1. The Bertz CT molecular complexity index is 2480. The Morgan fingerprint density at radius 1 is 0.356 bits per heavy atom. The van der Waals surface area contributed by atoms with Crippen molar-refractivity contribution < 1.29 is 4.74 Å². The molecule has 0 aliphatic carbocycles. The normalized spacial score (nSPS) is 13.0. The molecule has 0 atom stereocenters. The van der Waals surface area contributed by atoms with E-state index in [0.29, 0.717) is 0 Å². The maximum absolute atomic E-state index is 6.69. The predicted octanol–water partition coefficient (Wildman–Crippen LogP) is 12.2. The average molecular weight is 575 g/mol. The van der Waals surface area contributed by atoms with E-state index in [1.807, 2.05) is 6.07 Å². The lowest BCUT2D eigenvalue weighted by Crippen LogP contribution is -2.19. The van der Waals surface area contributed by atoms with Gasteiger partial charge in [0.15, 0.2) is 11.5 Å². The minimum atomic E-state index is 0.844. The molecule has 2 aliphatic heterocycles. The van der Waals surface area contributed by atoms with E-state index >= 15 is 0 Å². The standard InChI is InChI=1S/C42H26N2O/c1-2-15-29(16-3-1)43-35-21-8-9-23-40(35)45-41-25-34-33-20-10-13-27-14-11-22-36(42(27)33)44(38(34)26-39(41)43)37-24-28-12-4-5-17-30(28)31-18-6-7-19-32(31)37/h1-26H. The molecule has 3 heteroatoms. The molecule has 45 heavy (non-hydrogen) atoms. The largest absolute Gasteiger partial charge is 0.453 e. The van der Waals surface area contributed by atoms with Gasteiger partial charge < -0.3 is 14.5 Å². The molecule has 2 aliphatic rings. The van der Waals surface area contributed by atoms with Crippen molar-refractivity contribution in [3.63, 3.8) is 0 Å². The fraction of sp³-hybridized carbons (Fsp3) is 0. The second-order valence-electron chi connectivity index (χ2n) is 11.8. The molecule has 0 saturated heterocycles. The van der Waals surface area contributed by atoms with Gasteiger partial charge in [-0.2, -0.15) is 0 Å². The van der Waals surface area contributed by atoms with Crippen LogP contribution in [0.5, 0.6) is 11.5 Å². The van der Waals surface area contributed by atoms with Gasteiger partial charge in [0, 0.05) is 22.0 Å². The van der Waals surface area contributed by atoms with E-state index < -0.39 is 0 Å². The second-order valence-corrected chi connectivity index (χ2v) is 11.8. The Morgan fingerprint density at radius 3 is 1.93 bits per heavy atom. The number of nitrogens with zero attached hydrogens (tertiary/aromatic N) is 2. The smallest absolute Gasteiger partial charge is 0.152 e. The molecule has 0 bridgehead atoms. The van der Waals surface area contributed by atoms with Crippen molar-refractivity contribution in [1.82, 2.24) is 0 Å². The van der Waals surface area contributed by atoms with Crippen LogP contribution in [0.3, 0.4) is 0 Å². The molecule has 3 nitrogen and oxygen atoms in total. The lowest BCUT2D eigenvalue weighted by atomic mass is 9.89. The molecule has 8 aromatic carbocycles. The zero-order valence-electron chi connectivity index (χ0n) is 24.3. The summed E-state index contributed by atoms with van der Waals surface area (Å²) >= 11 is 0. The van der Waals surface area contributed by atoms with Gasteiger partial charge >= 0.3 is 0 Å². The molecule has 0 amide bonds. The molecule has 0 aromatic heterocycles. The fourth-order valence-corrected chi connectivity index (χ4v) is 7.39. The molecular weight excluding hydrogens is 548 g/mol. The summed E-state index contributed by atoms with van der Waals surface area (Å²) in [5.41, 5.74) is 8.98. The third-order valence-electron chi connectivity index (χ3n) is 9.30. The second kappa shape index (κ2) is 9.22. The summed E-state index contributed by atoms with van der Waals surface area (Å²) in [6, 6.07) is 56.6. The topological polar surface area (TPSA) is 15.7 Å². The highest BCUT2D eigenvalue weighted by Gasteiger charge is 2.33. The number of benzene rings is 8. The number of fused-ring (bicyclic) bond motifs is 7. The molecule has 0 fully saturated rings. The molecule has 0 radical (unpaired) electrons. The van der Waals surface area contributed by atoms with E-state index in [-0.39, 0.29) is 0 Å². The Morgan fingerprint density at radius 2 is 1.04 bits per heavy atom. The van der Waals surface area contributed by atoms with Crippen LogP contribution in [0.25, 0.3) is 43.4 Å². The van der Waals surface area contributed by atoms with E-state index in [9.17, 15) is 0 Å². The Kier molecular flexibility index (Phi) is 5.00. The minimum Gasteiger partial charge on any atom is -0.453 e. The maximum Gasteiger partial charge on any atom is 0.152 e. The number of hydrogen-bond acceptors (Lipinski definition) is 3. The monoisotopic (exact) mass is 574 g/mol. The van der Waals surface area contributed by atoms with Crippen molar-refractivity contribution in [2.45, 2.75) is 0 Å². The third kappa shape index (κ3) is 3.46. The first-order valence-corrected chi connectivity index (χ1v) is 15.4. The van der Waals surface area contributed by atoms with Gasteiger partial charge in [0.05, 0.1) is 28.4 Å². The first-order chi connectivity index (χ1) is 22.3. The lowest BCUT2D eigenvalue weighted by molar-refractivity contribution is 0.477. The van der Waals surface area contributed by atoms with Gasteiger partial charge in [-0.15, -0.1) is 0 Å². The number of anilines is 6. The van der Waals surface area contributed by atoms with Crippen LogP contribution in [0.2, 0.25) is 0 Å². The number of para-hydroxylation sites is 3. The molecular formula is C42H26N2O. The molecule has 2 heterocycles. The van der Waals surface area contributed by atoms with Crippen molar-refractivity contribution in [1.29, 1.82) is 0 Å². The molecule has 8 aromatic rings. The third-order valence-corrected chi connectivity index (χ3v) is 9.30. The predicted molar refractivity (Wildman–Crippen MR) is 187 cm³/mol. The van der Waals surface area contributed by atoms with Gasteiger partial charge in [-0.25, -0.2) is 0 Å². The van der Waals surface area contributed by atoms with E-state index in [1.54, 1.807) is 0 Å². The number of rotatable bonds is 2. The Balaban J connectivity index is 1.33. The van der Waals surface area contributed by atoms with Crippen LogP contribution in [0.15, 0.2) is 158 Å². The average Bonchev–Trinajstić information content (AvgIpc) is 3.10. The molecule has 0 N–H and O–H groups in total. The van der Waals surface area contributed by atoms with Crippen molar-refractivity contribution in [2.75, 3.05) is 9.80 Å². The fourth-order valence-electron chi connectivity index (χ4n) is 7.39. The van der Waals surface area contributed by atoms with Crippen molar-refractivity contribution >= 4 is 66.4 Å². The summed E-state index contributed by atoms with van der Waals surface area (Å²) < 4.78 is 6.69. The van der Waals surface area contributed by atoms with E-state index in [0.717, 1.165) is 45.5 Å². The number of hydrogen-bond donors (Lipinski definition) is 0. The van der Waals surface area contributed by atoms with Gasteiger partial charge in [-0.3, -0.25) is 0 Å². The Hall–Kier alpha value is -6.06. The molecule has 0 unspecified atom stereocenters. The quantitative estimate of drug-likeness (QED) is 0.191. The van der Waals surface area contributed by atoms with Gasteiger partial charge in [0.1, 0.15) is 0 Å². The van der Waals surface area contributed by atoms with Crippen LogP contribution in [0, 0.1) is 0 Å². The molecule has 0 spiro atoms. The minimum absolute atomic E-state index is 0.844. The van der Waals surface area contributed by atoms with Crippen LogP contribution in [-0.2, 0) is 0 Å². The highest BCUT2D eigenvalue weighted by molar-refractivity contribution is 6.20. The van der Waals surface area contributed by atoms with E-state index in [2.05, 4.69) is 161 Å². The molecule has 0 saturated carbocycles.